The average Bonchev–Trinajstić information content (AvgIpc) is 2.89. The van der Waals surface area contributed by atoms with Gasteiger partial charge >= 0.3 is 0 Å². The molecular weight excluding hydrogens is 216 g/mol. The summed E-state index contributed by atoms with van der Waals surface area (Å²) in [6, 6.07) is 0. The molecule has 0 fully saturated rings. The fourth-order valence-corrected chi connectivity index (χ4v) is 1.54. The van der Waals surface area contributed by atoms with Crippen LogP contribution < -0.4 is 0 Å². The van der Waals surface area contributed by atoms with Crippen molar-refractivity contribution in [3.05, 3.63) is 18.2 Å². The van der Waals surface area contributed by atoms with Gasteiger partial charge in [0.15, 0.2) is 5.82 Å². The smallest absolute Gasteiger partial charge is 0.261 e. The van der Waals surface area contributed by atoms with Crippen molar-refractivity contribution in [3.8, 4) is 11.5 Å². The molecule has 2 rings (SSSR count). The van der Waals surface area contributed by atoms with Crippen LogP contribution in [0.4, 0.5) is 0 Å². The molecule has 1 atom stereocenters. The third-order valence-corrected chi connectivity index (χ3v) is 2.42. The van der Waals surface area contributed by atoms with Crippen molar-refractivity contribution in [1.29, 1.82) is 0 Å². The van der Waals surface area contributed by atoms with Crippen molar-refractivity contribution in [2.24, 2.45) is 0 Å². The van der Waals surface area contributed by atoms with Crippen LogP contribution in [0.25, 0.3) is 11.5 Å². The molecule has 1 N–H and O–H groups in total. The summed E-state index contributed by atoms with van der Waals surface area (Å²) in [5.74, 6) is 0.982. The predicted molar refractivity (Wildman–Crippen MR) is 55.4 cm³/mol. The summed E-state index contributed by atoms with van der Waals surface area (Å²) >= 11 is 6.07. The van der Waals surface area contributed by atoms with E-state index in [1.54, 1.807) is 12.4 Å². The standard InChI is InChI=1S/C9H11ClN4O/c1-2-3-7(10)8-13-9(15-14-8)6-4-11-12-5-6/h4-5,7H,2-3H2,1H3,(H,11,12). The molecule has 0 spiro atoms. The highest BCUT2D eigenvalue weighted by molar-refractivity contribution is 6.20. The van der Waals surface area contributed by atoms with Crippen LogP contribution in [0.5, 0.6) is 0 Å². The van der Waals surface area contributed by atoms with E-state index in [9.17, 15) is 0 Å². The van der Waals surface area contributed by atoms with E-state index in [1.807, 2.05) is 0 Å². The highest BCUT2D eigenvalue weighted by atomic mass is 35.5. The summed E-state index contributed by atoms with van der Waals surface area (Å²) in [7, 11) is 0. The number of H-pyrrole nitrogens is 1. The first-order chi connectivity index (χ1) is 7.31. The summed E-state index contributed by atoms with van der Waals surface area (Å²) in [6.45, 7) is 2.06. The Morgan fingerprint density at radius 1 is 1.60 bits per heavy atom. The van der Waals surface area contributed by atoms with Gasteiger partial charge in [0.2, 0.25) is 0 Å². The molecular formula is C9H11ClN4O. The lowest BCUT2D eigenvalue weighted by atomic mass is 10.2. The largest absolute Gasteiger partial charge is 0.334 e. The predicted octanol–water partition coefficient (Wildman–Crippen LogP) is 2.54. The Balaban J connectivity index is 2.17. The van der Waals surface area contributed by atoms with E-state index >= 15 is 0 Å². The van der Waals surface area contributed by atoms with Gasteiger partial charge in [0.1, 0.15) is 0 Å². The maximum Gasteiger partial charge on any atom is 0.261 e. The number of nitrogens with one attached hydrogen (secondary N) is 1. The van der Waals surface area contributed by atoms with E-state index in [2.05, 4.69) is 27.3 Å². The number of halogens is 1. The summed E-state index contributed by atoms with van der Waals surface area (Å²) in [4.78, 5) is 4.20. The molecule has 2 aromatic heterocycles. The van der Waals surface area contributed by atoms with Gasteiger partial charge in [-0.2, -0.15) is 10.1 Å². The lowest BCUT2D eigenvalue weighted by Crippen LogP contribution is -1.92. The van der Waals surface area contributed by atoms with Gasteiger partial charge in [-0.15, -0.1) is 11.6 Å². The molecule has 0 amide bonds. The van der Waals surface area contributed by atoms with Gasteiger partial charge in [0, 0.05) is 6.20 Å². The number of aromatic nitrogens is 4. The zero-order valence-corrected chi connectivity index (χ0v) is 9.03. The van der Waals surface area contributed by atoms with Crippen LogP contribution in [-0.4, -0.2) is 20.3 Å². The van der Waals surface area contributed by atoms with Gasteiger partial charge in [0.25, 0.3) is 5.89 Å². The maximum absolute atomic E-state index is 6.07. The third-order valence-electron chi connectivity index (χ3n) is 2.01. The number of hydrogen-bond acceptors (Lipinski definition) is 4. The Hall–Kier alpha value is -1.36. The van der Waals surface area contributed by atoms with Crippen LogP contribution in [0.2, 0.25) is 0 Å². The molecule has 0 aromatic carbocycles. The Morgan fingerprint density at radius 2 is 2.47 bits per heavy atom. The van der Waals surface area contributed by atoms with E-state index in [1.165, 1.54) is 0 Å². The van der Waals surface area contributed by atoms with Gasteiger partial charge in [0.05, 0.1) is 17.1 Å². The molecule has 80 valence electrons. The molecule has 6 heteroatoms. The van der Waals surface area contributed by atoms with Crippen molar-refractivity contribution >= 4 is 11.6 Å². The number of hydrogen-bond donors (Lipinski definition) is 1. The zero-order valence-electron chi connectivity index (χ0n) is 8.27. The average molecular weight is 227 g/mol. The van der Waals surface area contributed by atoms with Crippen molar-refractivity contribution in [1.82, 2.24) is 20.3 Å². The Kier molecular flexibility index (Phi) is 3.01. The lowest BCUT2D eigenvalue weighted by molar-refractivity contribution is 0.420. The second kappa shape index (κ2) is 4.44. The van der Waals surface area contributed by atoms with Crippen molar-refractivity contribution in [3.63, 3.8) is 0 Å². The Bertz CT molecular complexity index is 411. The van der Waals surface area contributed by atoms with Gasteiger partial charge in [-0.3, -0.25) is 5.10 Å². The van der Waals surface area contributed by atoms with Crippen LogP contribution in [0.1, 0.15) is 31.0 Å². The second-order valence-electron chi connectivity index (χ2n) is 3.20. The molecule has 5 nitrogen and oxygen atoms in total. The van der Waals surface area contributed by atoms with Crippen molar-refractivity contribution in [2.75, 3.05) is 0 Å². The van der Waals surface area contributed by atoms with Gasteiger partial charge in [-0.05, 0) is 6.42 Å². The number of aromatic amines is 1. The van der Waals surface area contributed by atoms with E-state index < -0.39 is 0 Å². The minimum Gasteiger partial charge on any atom is -0.334 e. The van der Waals surface area contributed by atoms with Crippen LogP contribution in [-0.2, 0) is 0 Å². The Morgan fingerprint density at radius 3 is 3.13 bits per heavy atom. The Labute approximate surface area is 91.8 Å². The molecule has 15 heavy (non-hydrogen) atoms. The third kappa shape index (κ3) is 2.18. The maximum atomic E-state index is 6.07. The molecule has 0 saturated carbocycles. The molecule has 0 saturated heterocycles. The minimum absolute atomic E-state index is 0.181. The van der Waals surface area contributed by atoms with Crippen LogP contribution in [0.3, 0.4) is 0 Å². The van der Waals surface area contributed by atoms with Crippen LogP contribution >= 0.6 is 11.6 Å². The topological polar surface area (TPSA) is 67.6 Å². The first-order valence-electron chi connectivity index (χ1n) is 4.78. The molecule has 2 aromatic rings. The van der Waals surface area contributed by atoms with Crippen LogP contribution in [0, 0.1) is 0 Å². The molecule has 0 radical (unpaired) electrons. The zero-order chi connectivity index (χ0) is 10.7. The summed E-state index contributed by atoms with van der Waals surface area (Å²) in [5.41, 5.74) is 0.772. The van der Waals surface area contributed by atoms with Crippen LogP contribution in [0.15, 0.2) is 16.9 Å². The summed E-state index contributed by atoms with van der Waals surface area (Å²) in [5, 5.41) is 10.1. The monoisotopic (exact) mass is 226 g/mol. The van der Waals surface area contributed by atoms with Gasteiger partial charge < -0.3 is 4.52 Å². The molecule has 0 aliphatic rings. The number of alkyl halides is 1. The lowest BCUT2D eigenvalue weighted by Gasteiger charge is -1.99. The quantitative estimate of drug-likeness (QED) is 0.814. The SMILES string of the molecule is CCCC(Cl)c1noc(-c2cn[nH]c2)n1. The van der Waals surface area contributed by atoms with E-state index in [0.29, 0.717) is 11.7 Å². The fraction of sp³-hybridized carbons (Fsp3) is 0.444. The fourth-order valence-electron chi connectivity index (χ4n) is 1.23. The highest BCUT2D eigenvalue weighted by Crippen LogP contribution is 2.25. The minimum atomic E-state index is -0.181. The van der Waals surface area contributed by atoms with E-state index in [0.717, 1.165) is 18.4 Å². The first-order valence-corrected chi connectivity index (χ1v) is 5.21. The molecule has 0 bridgehead atoms. The normalized spacial score (nSPS) is 12.9. The summed E-state index contributed by atoms with van der Waals surface area (Å²) in [6.07, 6.45) is 5.15. The number of rotatable bonds is 4. The number of nitrogens with zero attached hydrogens (tertiary/aromatic N) is 3. The van der Waals surface area contributed by atoms with Gasteiger partial charge in [-0.1, -0.05) is 18.5 Å². The van der Waals surface area contributed by atoms with Gasteiger partial charge in [-0.25, -0.2) is 0 Å². The highest BCUT2D eigenvalue weighted by Gasteiger charge is 2.16. The molecule has 1 unspecified atom stereocenters. The summed E-state index contributed by atoms with van der Waals surface area (Å²) < 4.78 is 5.07. The first kappa shape index (κ1) is 10.2. The van der Waals surface area contributed by atoms with Crippen molar-refractivity contribution < 1.29 is 4.52 Å². The van der Waals surface area contributed by atoms with Crippen molar-refractivity contribution in [2.45, 2.75) is 25.1 Å². The second-order valence-corrected chi connectivity index (χ2v) is 3.73. The molecule has 0 aliphatic heterocycles. The molecule has 2 heterocycles. The molecule has 0 aliphatic carbocycles. The van der Waals surface area contributed by atoms with E-state index in [4.69, 9.17) is 16.1 Å². The van der Waals surface area contributed by atoms with E-state index in [-0.39, 0.29) is 5.38 Å².